The van der Waals surface area contributed by atoms with Crippen molar-refractivity contribution >= 4 is 47.3 Å². The predicted molar refractivity (Wildman–Crippen MR) is 213 cm³/mol. The molecule has 8 rings (SSSR count). The molecule has 3 aromatic heterocycles. The molecular weight excluding hydrogens is 749 g/mol. The van der Waals surface area contributed by atoms with Crippen molar-refractivity contribution in [2.24, 2.45) is 5.92 Å². The van der Waals surface area contributed by atoms with Gasteiger partial charge in [-0.25, -0.2) is 14.5 Å². The van der Waals surface area contributed by atoms with Crippen molar-refractivity contribution in [2.45, 2.75) is 45.9 Å². The summed E-state index contributed by atoms with van der Waals surface area (Å²) in [6.45, 7) is 8.21. The molecule has 0 spiro atoms. The number of aliphatic hydroxyl groups excluding tert-OH is 1. The molecule has 0 amide bonds. The smallest absolute Gasteiger partial charge is 0.466 e. The van der Waals surface area contributed by atoms with Gasteiger partial charge in [0.15, 0.2) is 11.4 Å². The highest BCUT2D eigenvalue weighted by Crippen LogP contribution is 2.38. The predicted octanol–water partition coefficient (Wildman–Crippen LogP) is 5.88. The fourth-order valence-electron chi connectivity index (χ4n) is 7.66. The molecule has 2 aliphatic heterocycles. The fraction of sp³-hybridized carbons (Fsp3) is 0.293. The van der Waals surface area contributed by atoms with Crippen LogP contribution >= 0.6 is 7.82 Å². The van der Waals surface area contributed by atoms with Gasteiger partial charge in [-0.15, -0.1) is 0 Å². The van der Waals surface area contributed by atoms with E-state index in [1.807, 2.05) is 48.7 Å². The molecule has 57 heavy (non-hydrogen) atoms. The van der Waals surface area contributed by atoms with E-state index < -0.39 is 13.8 Å². The van der Waals surface area contributed by atoms with Gasteiger partial charge in [0.1, 0.15) is 17.1 Å². The lowest BCUT2D eigenvalue weighted by Gasteiger charge is -2.17. The molecule has 5 heterocycles. The van der Waals surface area contributed by atoms with Gasteiger partial charge in [-0.05, 0) is 103 Å². The van der Waals surface area contributed by atoms with Gasteiger partial charge in [0, 0.05) is 61.8 Å². The highest BCUT2D eigenvalue weighted by atomic mass is 31.2. The largest absolute Gasteiger partial charge is 0.481 e. The van der Waals surface area contributed by atoms with Crippen molar-refractivity contribution in [2.75, 3.05) is 31.5 Å². The summed E-state index contributed by atoms with van der Waals surface area (Å²) in [4.78, 5) is 51.7. The molecule has 6 aromatic rings. The number of aliphatic hydroxyl groups is 1. The van der Waals surface area contributed by atoms with Gasteiger partial charge in [0.05, 0.1) is 17.6 Å². The fourth-order valence-corrected chi connectivity index (χ4v) is 7.66. The van der Waals surface area contributed by atoms with Gasteiger partial charge in [-0.1, -0.05) is 24.3 Å². The third-order valence-electron chi connectivity index (χ3n) is 10.4. The molecule has 0 saturated carbocycles. The Hall–Kier alpha value is -5.56. The van der Waals surface area contributed by atoms with Gasteiger partial charge < -0.3 is 34.6 Å². The molecule has 0 aliphatic carbocycles. The topological polar surface area (TPSA) is 229 Å². The molecule has 0 bridgehead atoms. The van der Waals surface area contributed by atoms with Gasteiger partial charge in [-0.3, -0.25) is 19.6 Å². The molecule has 6 N–H and O–H groups in total. The summed E-state index contributed by atoms with van der Waals surface area (Å²) < 4.78 is 15.2. The Morgan fingerprint density at radius 3 is 2.32 bits per heavy atom. The number of hydrogen-bond donors (Lipinski definition) is 6. The van der Waals surface area contributed by atoms with Crippen LogP contribution in [0.3, 0.4) is 0 Å². The summed E-state index contributed by atoms with van der Waals surface area (Å²) in [5, 5.41) is 33.9. The molecular formula is C41H42N7O8P. The van der Waals surface area contributed by atoms with Crippen molar-refractivity contribution in [1.29, 1.82) is 5.26 Å². The van der Waals surface area contributed by atoms with Crippen LogP contribution in [0.2, 0.25) is 0 Å². The van der Waals surface area contributed by atoms with E-state index in [0.717, 1.165) is 75.0 Å². The average Bonchev–Trinajstić information content (AvgIpc) is 3.92. The number of β-amino-alcohol motifs (C(OH)–C–C–N with tert-alkyl or cyclic N) is 1. The molecule has 16 heteroatoms. The van der Waals surface area contributed by atoms with Crippen LogP contribution in [-0.4, -0.2) is 87.9 Å². The number of carboxylic acid groups (broad SMARTS) is 1. The molecule has 0 radical (unpaired) electrons. The number of fused-ring (bicyclic) bond motifs is 2. The minimum absolute atomic E-state index is 0.254. The van der Waals surface area contributed by atoms with E-state index in [4.69, 9.17) is 33.6 Å². The van der Waals surface area contributed by atoms with Crippen molar-refractivity contribution in [3.63, 3.8) is 0 Å². The van der Waals surface area contributed by atoms with Gasteiger partial charge in [-0.2, -0.15) is 5.26 Å². The van der Waals surface area contributed by atoms with Crippen molar-refractivity contribution in [3.8, 4) is 28.7 Å². The number of carboxylic acids is 1. The number of anilines is 2. The first kappa shape index (κ1) is 39.7. The Morgan fingerprint density at radius 2 is 1.61 bits per heavy atom. The standard InChI is InChI=1S/C41H39N7O4.H3O4P/c1-24-32(5-3-7-34(24)40-46-36-17-26(15-30(18-42)38(36)52-40)20-47-13-10-29(22-47)41(50)51)33-6-4-8-35(25(33)2)45-39-37-28(9-12-43-39)16-27(19-44-37)21-48-14-11-31(49)23-48;1-5(2,3)4/h3-9,12,15-17,19,29,31,49H,10-11,13-14,20-23H2,1-2H3,(H,43,45)(H,50,51);(H3,1,2,3,4)/t29-,31-;/m1./s1. The van der Waals surface area contributed by atoms with E-state index in [9.17, 15) is 20.3 Å². The van der Waals surface area contributed by atoms with Crippen LogP contribution in [0.1, 0.15) is 40.7 Å². The van der Waals surface area contributed by atoms with Gasteiger partial charge in [0.2, 0.25) is 5.89 Å². The number of aliphatic carboxylic acids is 1. The SMILES string of the molecule is Cc1c(Nc2nccc3cc(CN4CC[C@@H](O)C4)cnc23)cccc1-c1cccc(-c2nc3cc(CN4CC[C@@H](C(=O)O)C4)cc(C#N)c3o2)c1C.O=P(O)(O)O. The monoisotopic (exact) mass is 791 g/mol. The third-order valence-corrected chi connectivity index (χ3v) is 10.4. The number of pyridine rings is 2. The van der Waals surface area contributed by atoms with Crippen LogP contribution in [-0.2, 0) is 22.4 Å². The Morgan fingerprint density at radius 1 is 0.930 bits per heavy atom. The summed E-state index contributed by atoms with van der Waals surface area (Å²) in [6.07, 6.45) is 4.87. The maximum absolute atomic E-state index is 11.5. The second-order valence-electron chi connectivity index (χ2n) is 14.5. The molecule has 2 fully saturated rings. The van der Waals surface area contributed by atoms with E-state index in [1.54, 1.807) is 6.20 Å². The van der Waals surface area contributed by atoms with E-state index in [-0.39, 0.29) is 12.0 Å². The maximum atomic E-state index is 11.5. The maximum Gasteiger partial charge on any atom is 0.466 e. The Labute approximate surface area is 328 Å². The number of likely N-dealkylation sites (tertiary alicyclic amines) is 2. The second-order valence-corrected chi connectivity index (χ2v) is 15.6. The lowest BCUT2D eigenvalue weighted by atomic mass is 9.93. The lowest BCUT2D eigenvalue weighted by Crippen LogP contribution is -2.22. The molecule has 3 aromatic carbocycles. The number of rotatable bonds is 9. The zero-order chi connectivity index (χ0) is 40.4. The molecule has 0 unspecified atom stereocenters. The zero-order valence-electron chi connectivity index (χ0n) is 31.3. The van der Waals surface area contributed by atoms with E-state index in [0.29, 0.717) is 61.0 Å². The van der Waals surface area contributed by atoms with Crippen molar-refractivity contribution in [1.82, 2.24) is 24.8 Å². The lowest BCUT2D eigenvalue weighted by molar-refractivity contribution is -0.141. The van der Waals surface area contributed by atoms with Crippen LogP contribution < -0.4 is 5.32 Å². The highest BCUT2D eigenvalue weighted by Gasteiger charge is 2.28. The third kappa shape index (κ3) is 9.20. The Balaban J connectivity index is 0.000000935. The van der Waals surface area contributed by atoms with Crippen LogP contribution in [0.4, 0.5) is 11.5 Å². The highest BCUT2D eigenvalue weighted by molar-refractivity contribution is 7.45. The Bertz CT molecular complexity index is 2560. The number of benzene rings is 3. The quantitative estimate of drug-likeness (QED) is 0.0939. The summed E-state index contributed by atoms with van der Waals surface area (Å²) in [5.41, 5.74) is 10.1. The number of carbonyl (C=O) groups is 1. The summed E-state index contributed by atoms with van der Waals surface area (Å²) in [7, 11) is -4.64. The first-order chi connectivity index (χ1) is 27.2. The zero-order valence-corrected chi connectivity index (χ0v) is 32.2. The number of nitrogens with zero attached hydrogens (tertiary/aromatic N) is 6. The summed E-state index contributed by atoms with van der Waals surface area (Å²) in [6, 6.07) is 22.4. The van der Waals surface area contributed by atoms with Crippen LogP contribution in [0.25, 0.3) is 44.6 Å². The normalized spacial score (nSPS) is 17.4. The molecule has 2 aliphatic rings. The molecule has 2 atom stereocenters. The Kier molecular flexibility index (Phi) is 11.5. The minimum Gasteiger partial charge on any atom is -0.481 e. The number of aromatic nitrogens is 3. The van der Waals surface area contributed by atoms with Gasteiger partial charge in [0.25, 0.3) is 0 Å². The number of nitriles is 1. The van der Waals surface area contributed by atoms with Crippen LogP contribution in [0.15, 0.2) is 77.5 Å². The molecule has 2 saturated heterocycles. The molecule has 294 valence electrons. The first-order valence-corrected chi connectivity index (χ1v) is 20.0. The molecule has 15 nitrogen and oxygen atoms in total. The number of hydrogen-bond acceptors (Lipinski definition) is 11. The van der Waals surface area contributed by atoms with Gasteiger partial charge >= 0.3 is 13.8 Å². The van der Waals surface area contributed by atoms with Crippen molar-refractivity contribution in [3.05, 3.63) is 101 Å². The number of phosphoric acid groups is 1. The number of nitrogens with one attached hydrogen (secondary N) is 1. The van der Waals surface area contributed by atoms with Crippen LogP contribution in [0.5, 0.6) is 0 Å². The van der Waals surface area contributed by atoms with E-state index in [1.165, 1.54) is 0 Å². The van der Waals surface area contributed by atoms with E-state index in [2.05, 4.69) is 58.2 Å². The van der Waals surface area contributed by atoms with Crippen LogP contribution in [0, 0.1) is 31.1 Å². The summed E-state index contributed by atoms with van der Waals surface area (Å²) in [5.74, 6) is -0.0155. The summed E-state index contributed by atoms with van der Waals surface area (Å²) >= 11 is 0. The second kappa shape index (κ2) is 16.5. The number of oxazole rings is 1. The van der Waals surface area contributed by atoms with Crippen molar-refractivity contribution < 1.29 is 38.7 Å². The average molecular weight is 792 g/mol. The van der Waals surface area contributed by atoms with E-state index >= 15 is 0 Å². The minimum atomic E-state index is -4.64. The first-order valence-electron chi connectivity index (χ1n) is 18.4.